The van der Waals surface area contributed by atoms with Crippen molar-refractivity contribution >= 4 is 54.4 Å². The second-order valence-electron chi connectivity index (χ2n) is 14.5. The van der Waals surface area contributed by atoms with Crippen molar-refractivity contribution in [3.05, 3.63) is 188 Å². The Morgan fingerprint density at radius 3 is 1.93 bits per heavy atom. The Bertz CT molecular complexity index is 3330. The average Bonchev–Trinajstić information content (AvgIpc) is 3.68. The van der Waals surface area contributed by atoms with Gasteiger partial charge in [0.1, 0.15) is 5.82 Å². The van der Waals surface area contributed by atoms with Crippen LogP contribution in [0, 0.1) is 0 Å². The second kappa shape index (κ2) is 13.4. The normalized spacial score (nSPS) is 11.7. The lowest BCUT2D eigenvalue weighted by atomic mass is 9.96. The lowest BCUT2D eigenvalue weighted by molar-refractivity contribution is 0.908. The maximum Gasteiger partial charge on any atom is 0.160 e. The second-order valence-corrected chi connectivity index (χ2v) is 14.5. The van der Waals surface area contributed by atoms with Gasteiger partial charge in [0.25, 0.3) is 0 Å². The lowest BCUT2D eigenvalue weighted by Gasteiger charge is -2.13. The van der Waals surface area contributed by atoms with Gasteiger partial charge in [-0.2, -0.15) is 0 Å². The summed E-state index contributed by atoms with van der Waals surface area (Å²) < 4.78 is 2.29. The van der Waals surface area contributed by atoms with Gasteiger partial charge in [0.05, 0.1) is 33.5 Å². The molecule has 0 atom stereocenters. The standard InChI is InChI=1S/C52H35N5/c1-2-47-55-51-46(57(47)40-17-4-3-5-18-40)30-29-42-41-19-8-10-21-44(41)53-50(48(42)51)35-26-23-34(24-27-35)37-15-12-16-39(32-37)52-54-45-22-11-9-20-43(45)49(56-52)38-28-25-33-13-6-7-14-36(33)31-38/h3-32H,2H2,1H3. The van der Waals surface area contributed by atoms with Gasteiger partial charge >= 0.3 is 0 Å². The highest BCUT2D eigenvalue weighted by Gasteiger charge is 2.20. The van der Waals surface area contributed by atoms with Gasteiger partial charge in [0, 0.05) is 45.0 Å². The zero-order valence-electron chi connectivity index (χ0n) is 31.3. The number of rotatable bonds is 6. The molecule has 0 radical (unpaired) electrons. The van der Waals surface area contributed by atoms with E-state index in [9.17, 15) is 0 Å². The summed E-state index contributed by atoms with van der Waals surface area (Å²) in [6.45, 7) is 2.17. The highest BCUT2D eigenvalue weighted by molar-refractivity contribution is 6.20. The van der Waals surface area contributed by atoms with Crippen LogP contribution in [-0.2, 0) is 6.42 Å². The van der Waals surface area contributed by atoms with E-state index < -0.39 is 0 Å². The number of hydrogen-bond acceptors (Lipinski definition) is 4. The molecule has 0 unspecified atom stereocenters. The maximum atomic E-state index is 5.33. The van der Waals surface area contributed by atoms with E-state index in [4.69, 9.17) is 19.9 Å². The molecule has 3 heterocycles. The summed E-state index contributed by atoms with van der Waals surface area (Å²) >= 11 is 0. The molecule has 11 rings (SSSR count). The van der Waals surface area contributed by atoms with Gasteiger partial charge in [0.15, 0.2) is 5.82 Å². The topological polar surface area (TPSA) is 56.5 Å². The fraction of sp³-hybridized carbons (Fsp3) is 0.0385. The minimum absolute atomic E-state index is 0.701. The third-order valence-corrected chi connectivity index (χ3v) is 11.1. The van der Waals surface area contributed by atoms with E-state index >= 15 is 0 Å². The van der Waals surface area contributed by atoms with Gasteiger partial charge in [-0.15, -0.1) is 0 Å². The predicted octanol–water partition coefficient (Wildman–Crippen LogP) is 13.1. The lowest BCUT2D eigenvalue weighted by Crippen LogP contribution is -1.99. The van der Waals surface area contributed by atoms with Crippen LogP contribution in [0.1, 0.15) is 12.7 Å². The van der Waals surface area contributed by atoms with Gasteiger partial charge in [-0.25, -0.2) is 19.9 Å². The molecule has 268 valence electrons. The fourth-order valence-electron chi connectivity index (χ4n) is 8.36. The monoisotopic (exact) mass is 729 g/mol. The molecule has 11 aromatic rings. The van der Waals surface area contributed by atoms with Gasteiger partial charge in [-0.1, -0.05) is 146 Å². The summed E-state index contributed by atoms with van der Waals surface area (Å²) in [5.41, 5.74) is 12.2. The van der Waals surface area contributed by atoms with Crippen molar-refractivity contribution in [1.29, 1.82) is 0 Å². The van der Waals surface area contributed by atoms with Crippen molar-refractivity contribution in [2.75, 3.05) is 0 Å². The van der Waals surface area contributed by atoms with Crippen LogP contribution in [0.25, 0.3) is 105 Å². The molecule has 0 aliphatic rings. The van der Waals surface area contributed by atoms with Crippen molar-refractivity contribution in [2.24, 2.45) is 0 Å². The first-order chi connectivity index (χ1) is 28.2. The van der Waals surface area contributed by atoms with E-state index in [0.29, 0.717) is 5.82 Å². The maximum absolute atomic E-state index is 5.33. The number of aryl methyl sites for hydroxylation is 1. The van der Waals surface area contributed by atoms with Crippen LogP contribution >= 0.6 is 0 Å². The van der Waals surface area contributed by atoms with E-state index in [1.54, 1.807) is 0 Å². The van der Waals surface area contributed by atoms with Crippen molar-refractivity contribution in [3.63, 3.8) is 0 Å². The number of imidazole rings is 1. The summed E-state index contributed by atoms with van der Waals surface area (Å²) in [5, 5.41) is 6.78. The summed E-state index contributed by atoms with van der Waals surface area (Å²) in [7, 11) is 0. The molecule has 0 saturated heterocycles. The Kier molecular flexibility index (Phi) is 7.71. The van der Waals surface area contributed by atoms with Crippen LogP contribution in [0.2, 0.25) is 0 Å². The van der Waals surface area contributed by atoms with Crippen LogP contribution in [0.3, 0.4) is 0 Å². The molecule has 0 fully saturated rings. The molecule has 0 N–H and O–H groups in total. The Morgan fingerprint density at radius 2 is 1.11 bits per heavy atom. The molecule has 0 aliphatic carbocycles. The van der Waals surface area contributed by atoms with Gasteiger partial charge < -0.3 is 0 Å². The number of hydrogen-bond donors (Lipinski definition) is 0. The third kappa shape index (κ3) is 5.55. The Labute approximate surface area is 329 Å². The largest absolute Gasteiger partial charge is 0.296 e. The number of aromatic nitrogens is 5. The first-order valence-corrected chi connectivity index (χ1v) is 19.5. The van der Waals surface area contributed by atoms with Crippen molar-refractivity contribution in [1.82, 2.24) is 24.5 Å². The van der Waals surface area contributed by atoms with Crippen LogP contribution in [0.15, 0.2) is 182 Å². The Balaban J connectivity index is 1.02. The Hall–Kier alpha value is -7.50. The van der Waals surface area contributed by atoms with Crippen molar-refractivity contribution < 1.29 is 0 Å². The van der Waals surface area contributed by atoms with Gasteiger partial charge in [-0.3, -0.25) is 4.57 Å². The molecule has 57 heavy (non-hydrogen) atoms. The first-order valence-electron chi connectivity index (χ1n) is 19.5. The van der Waals surface area contributed by atoms with E-state index in [0.717, 1.165) is 101 Å². The summed E-state index contributed by atoms with van der Waals surface area (Å²) in [5.74, 6) is 1.73. The summed E-state index contributed by atoms with van der Waals surface area (Å²) in [4.78, 5) is 20.9. The minimum Gasteiger partial charge on any atom is -0.296 e. The van der Waals surface area contributed by atoms with Crippen LogP contribution < -0.4 is 0 Å². The van der Waals surface area contributed by atoms with E-state index in [2.05, 4.69) is 187 Å². The van der Waals surface area contributed by atoms with Gasteiger partial charge in [-0.05, 0) is 69.8 Å². The molecule has 5 nitrogen and oxygen atoms in total. The third-order valence-electron chi connectivity index (χ3n) is 11.1. The van der Waals surface area contributed by atoms with Crippen LogP contribution in [0.4, 0.5) is 0 Å². The Morgan fingerprint density at radius 1 is 0.421 bits per heavy atom. The van der Waals surface area contributed by atoms with Crippen molar-refractivity contribution in [2.45, 2.75) is 13.3 Å². The molecule has 0 aliphatic heterocycles. The van der Waals surface area contributed by atoms with Gasteiger partial charge in [0.2, 0.25) is 0 Å². The summed E-state index contributed by atoms with van der Waals surface area (Å²) in [6.07, 6.45) is 0.810. The zero-order valence-corrected chi connectivity index (χ0v) is 31.3. The fourth-order valence-corrected chi connectivity index (χ4v) is 8.36. The minimum atomic E-state index is 0.701. The number of pyridine rings is 1. The zero-order chi connectivity index (χ0) is 37.9. The van der Waals surface area contributed by atoms with Crippen LogP contribution in [0.5, 0.6) is 0 Å². The number of para-hydroxylation sites is 3. The molecule has 0 saturated carbocycles. The molecule has 5 heteroatoms. The molecule has 0 bridgehead atoms. The molecular formula is C52H35N5. The number of fused-ring (bicyclic) bond motifs is 7. The molecule has 3 aromatic heterocycles. The quantitative estimate of drug-likeness (QED) is 0.160. The molecule has 0 spiro atoms. The van der Waals surface area contributed by atoms with Crippen molar-refractivity contribution in [3.8, 4) is 50.7 Å². The number of nitrogens with zero attached hydrogens (tertiary/aromatic N) is 5. The average molecular weight is 730 g/mol. The van der Waals surface area contributed by atoms with E-state index in [1.807, 2.05) is 6.07 Å². The highest BCUT2D eigenvalue weighted by atomic mass is 15.1. The van der Waals surface area contributed by atoms with Crippen LogP contribution in [-0.4, -0.2) is 24.5 Å². The smallest absolute Gasteiger partial charge is 0.160 e. The van der Waals surface area contributed by atoms with E-state index in [1.165, 1.54) is 10.8 Å². The molecular weight excluding hydrogens is 695 g/mol. The summed E-state index contributed by atoms with van der Waals surface area (Å²) in [6, 6.07) is 64.0. The highest BCUT2D eigenvalue weighted by Crippen LogP contribution is 2.39. The molecule has 0 amide bonds. The molecule has 8 aromatic carbocycles. The SMILES string of the molecule is CCc1nc2c3c(-c4ccc(-c5cccc(-c6nc(-c7ccc8ccccc8c7)c7ccccc7n6)c5)cc4)nc4ccccc4c3ccc2n1-c1ccccc1. The number of benzene rings is 8. The van der Waals surface area contributed by atoms with E-state index in [-0.39, 0.29) is 0 Å². The predicted molar refractivity (Wildman–Crippen MR) is 236 cm³/mol. The first kappa shape index (κ1) is 32.9.